The van der Waals surface area contributed by atoms with Crippen molar-refractivity contribution in [3.05, 3.63) is 77.9 Å². The van der Waals surface area contributed by atoms with Crippen molar-refractivity contribution in [2.45, 2.75) is 44.1 Å². The van der Waals surface area contributed by atoms with E-state index >= 15 is 4.39 Å². The van der Waals surface area contributed by atoms with Gasteiger partial charge in [-0.25, -0.2) is 17.8 Å². The molecule has 1 saturated carbocycles. The Bertz CT molecular complexity index is 1830. The van der Waals surface area contributed by atoms with Crippen molar-refractivity contribution in [2.24, 2.45) is 0 Å². The highest BCUT2D eigenvalue weighted by Crippen LogP contribution is 2.60. The van der Waals surface area contributed by atoms with Crippen LogP contribution in [-0.2, 0) is 20.2 Å². The lowest BCUT2D eigenvalue weighted by Crippen LogP contribution is -2.47. The number of pyridine rings is 2. The molecule has 2 aromatic heterocycles. The highest BCUT2D eigenvalue weighted by Gasteiger charge is 2.58. The summed E-state index contributed by atoms with van der Waals surface area (Å²) >= 11 is 0. The molecule has 0 radical (unpaired) electrons. The largest absolute Gasteiger partial charge is 0.475 e. The molecule has 6 rings (SSSR count). The summed E-state index contributed by atoms with van der Waals surface area (Å²) < 4.78 is 48.2. The summed E-state index contributed by atoms with van der Waals surface area (Å²) in [7, 11) is -1.92. The van der Waals surface area contributed by atoms with Crippen molar-refractivity contribution in [2.75, 3.05) is 36.1 Å². The topological polar surface area (TPSA) is 114 Å². The number of nitrogens with one attached hydrogen (secondary N) is 2. The average Bonchev–Trinajstić information content (AvgIpc) is 3.16. The first kappa shape index (κ1) is 29.0. The number of fused-ring (bicyclic) bond motifs is 4. The quantitative estimate of drug-likeness (QED) is 0.260. The van der Waals surface area contributed by atoms with Gasteiger partial charge < -0.3 is 15.0 Å². The number of rotatable bonds is 9. The molecule has 1 amide bonds. The van der Waals surface area contributed by atoms with Gasteiger partial charge in [-0.1, -0.05) is 44.2 Å². The van der Waals surface area contributed by atoms with Crippen molar-refractivity contribution in [1.29, 1.82) is 0 Å². The van der Waals surface area contributed by atoms with E-state index in [1.165, 1.54) is 23.9 Å². The minimum atomic E-state index is -3.68. The summed E-state index contributed by atoms with van der Waals surface area (Å²) in [5.41, 5.74) is 3.19. The summed E-state index contributed by atoms with van der Waals surface area (Å²) in [6.45, 7) is 4.82. The number of benzene rings is 2. The molecule has 0 bridgehead atoms. The van der Waals surface area contributed by atoms with Gasteiger partial charge in [-0.15, -0.1) is 0 Å². The van der Waals surface area contributed by atoms with Gasteiger partial charge >= 0.3 is 0 Å². The fraction of sp³-hybridized carbons (Fsp3) is 0.344. The van der Waals surface area contributed by atoms with Crippen molar-refractivity contribution in [3.63, 3.8) is 0 Å². The minimum Gasteiger partial charge on any atom is -0.475 e. The van der Waals surface area contributed by atoms with Crippen molar-refractivity contribution in [3.8, 4) is 17.0 Å². The van der Waals surface area contributed by atoms with E-state index in [9.17, 15) is 13.2 Å². The third-order valence-corrected chi connectivity index (χ3v) is 8.89. The molecular formula is C32H34FN5O4S. The molecule has 0 unspecified atom stereocenters. The van der Waals surface area contributed by atoms with Gasteiger partial charge in [0.05, 0.1) is 29.1 Å². The first-order valence-corrected chi connectivity index (χ1v) is 16.2. The Morgan fingerprint density at radius 2 is 1.86 bits per heavy atom. The summed E-state index contributed by atoms with van der Waals surface area (Å²) in [5, 5.41) is 3.92. The van der Waals surface area contributed by atoms with Crippen LogP contribution in [0.25, 0.3) is 22.0 Å². The van der Waals surface area contributed by atoms with Crippen LogP contribution in [0.4, 0.5) is 15.8 Å². The molecule has 11 heteroatoms. The third kappa shape index (κ3) is 5.31. The summed E-state index contributed by atoms with van der Waals surface area (Å²) in [4.78, 5) is 24.2. The van der Waals surface area contributed by atoms with Gasteiger partial charge in [0.25, 0.3) is 0 Å². The number of aromatic nitrogens is 2. The number of hydrogen-bond donors (Lipinski definition) is 2. The lowest BCUT2D eigenvalue weighted by molar-refractivity contribution is -0.126. The maximum atomic E-state index is 15.7. The van der Waals surface area contributed by atoms with Crippen LogP contribution in [-0.4, -0.2) is 56.8 Å². The summed E-state index contributed by atoms with van der Waals surface area (Å²) in [6.07, 6.45) is 5.45. The predicted octanol–water partition coefficient (Wildman–Crippen LogP) is 4.98. The Morgan fingerprint density at radius 1 is 1.12 bits per heavy atom. The van der Waals surface area contributed by atoms with Crippen molar-refractivity contribution in [1.82, 2.24) is 15.3 Å². The fourth-order valence-electron chi connectivity index (χ4n) is 6.32. The number of carbonyl (C=O) groups excluding carboxylic acids is 1. The Balaban J connectivity index is 1.41. The third-order valence-electron chi connectivity index (χ3n) is 8.30. The molecule has 1 spiro atoms. The van der Waals surface area contributed by atoms with E-state index in [2.05, 4.69) is 32.1 Å². The second kappa shape index (κ2) is 10.9. The summed E-state index contributed by atoms with van der Waals surface area (Å²) in [6, 6.07) is 15.0. The van der Waals surface area contributed by atoms with Gasteiger partial charge in [0.2, 0.25) is 21.8 Å². The SMILES string of the molecule is CC(C)NCCOc1ncc(-c2cc3c(cc2F)ncc2c3[C@]3(C[C@H](c4ccccc4)C3)C(=O)N2C)cc1NS(C)(=O)=O. The van der Waals surface area contributed by atoms with E-state index in [1.807, 2.05) is 32.0 Å². The van der Waals surface area contributed by atoms with E-state index in [-0.39, 0.29) is 41.6 Å². The number of likely N-dealkylation sites (N-methyl/N-ethyl adjacent to an activating group) is 1. The number of halogens is 1. The van der Waals surface area contributed by atoms with Crippen LogP contribution in [0.1, 0.15) is 43.7 Å². The van der Waals surface area contributed by atoms with Gasteiger partial charge in [0, 0.05) is 54.0 Å². The molecule has 2 aromatic carbocycles. The second-order valence-corrected chi connectivity index (χ2v) is 13.5. The number of anilines is 2. The zero-order valence-electron chi connectivity index (χ0n) is 24.5. The Labute approximate surface area is 250 Å². The van der Waals surface area contributed by atoms with Gasteiger partial charge in [-0.2, -0.15) is 0 Å². The first-order valence-electron chi connectivity index (χ1n) is 14.3. The average molecular weight is 604 g/mol. The molecule has 224 valence electrons. The van der Waals surface area contributed by atoms with Crippen LogP contribution in [0, 0.1) is 5.82 Å². The number of amides is 1. The number of ether oxygens (including phenoxy) is 1. The maximum Gasteiger partial charge on any atom is 0.238 e. The first-order chi connectivity index (χ1) is 20.5. The van der Waals surface area contributed by atoms with Crippen LogP contribution in [0.3, 0.4) is 0 Å². The number of sulfonamides is 1. The fourth-order valence-corrected chi connectivity index (χ4v) is 6.87. The van der Waals surface area contributed by atoms with Crippen LogP contribution in [0.5, 0.6) is 5.88 Å². The smallest absolute Gasteiger partial charge is 0.238 e. The number of nitrogens with zero attached hydrogens (tertiary/aromatic N) is 3. The van der Waals surface area contributed by atoms with Gasteiger partial charge in [-0.05, 0) is 36.5 Å². The van der Waals surface area contributed by atoms with Crippen molar-refractivity contribution < 1.29 is 22.3 Å². The summed E-state index contributed by atoms with van der Waals surface area (Å²) in [5.74, 6) is -0.185. The van der Waals surface area contributed by atoms with Crippen LogP contribution < -0.4 is 19.7 Å². The molecular weight excluding hydrogens is 569 g/mol. The zero-order valence-corrected chi connectivity index (χ0v) is 25.3. The Kier molecular flexibility index (Phi) is 7.34. The minimum absolute atomic E-state index is 0.0182. The van der Waals surface area contributed by atoms with Gasteiger partial charge in [0.1, 0.15) is 18.1 Å². The second-order valence-electron chi connectivity index (χ2n) is 11.7. The van der Waals surface area contributed by atoms with E-state index < -0.39 is 21.3 Å². The van der Waals surface area contributed by atoms with E-state index in [1.54, 1.807) is 24.2 Å². The predicted molar refractivity (Wildman–Crippen MR) is 166 cm³/mol. The zero-order chi connectivity index (χ0) is 30.5. The lowest BCUT2D eigenvalue weighted by Gasteiger charge is -2.44. The standard InChI is InChI=1S/C32H34FN5O4S/c1-19(2)34-10-11-42-30-27(37-43(4,40)41)12-21(17-36-30)23-13-24-26(14-25(23)33)35-18-28-29(24)32(31(39)38(28)3)15-22(16-32)20-8-6-5-7-9-20/h5-9,12-14,17-19,22,34,37H,10-11,15-16H2,1-4H3/t22-,32+. The number of carbonyl (C=O) groups is 1. The molecule has 1 aliphatic carbocycles. The normalized spacial score (nSPS) is 19.6. The lowest BCUT2D eigenvalue weighted by atomic mass is 9.57. The molecule has 2 N–H and O–H groups in total. The van der Waals surface area contributed by atoms with Crippen LogP contribution >= 0.6 is 0 Å². The molecule has 4 aromatic rings. The molecule has 9 nitrogen and oxygen atoms in total. The highest BCUT2D eigenvalue weighted by atomic mass is 32.2. The maximum absolute atomic E-state index is 15.7. The Hall–Kier alpha value is -4.09. The molecule has 1 aliphatic heterocycles. The van der Waals surface area contributed by atoms with Gasteiger partial charge in [0.15, 0.2) is 0 Å². The molecule has 43 heavy (non-hydrogen) atoms. The highest BCUT2D eigenvalue weighted by molar-refractivity contribution is 7.92. The van der Waals surface area contributed by atoms with Gasteiger partial charge in [-0.3, -0.25) is 14.5 Å². The molecule has 0 saturated heterocycles. The van der Waals surface area contributed by atoms with E-state index in [0.29, 0.717) is 35.9 Å². The molecule has 1 fully saturated rings. The molecule has 3 heterocycles. The van der Waals surface area contributed by atoms with Crippen molar-refractivity contribution >= 4 is 38.2 Å². The molecule has 2 aliphatic rings. The monoisotopic (exact) mass is 603 g/mol. The van der Waals surface area contributed by atoms with Crippen LogP contribution in [0.15, 0.2) is 60.9 Å². The number of hydrogen-bond acceptors (Lipinski definition) is 7. The van der Waals surface area contributed by atoms with E-state index in [0.717, 1.165) is 17.5 Å². The molecule has 0 atom stereocenters. The van der Waals surface area contributed by atoms with Crippen LogP contribution in [0.2, 0.25) is 0 Å². The Morgan fingerprint density at radius 3 is 2.56 bits per heavy atom. The van der Waals surface area contributed by atoms with E-state index in [4.69, 9.17) is 4.74 Å².